The molecule has 0 saturated carbocycles. The van der Waals surface area contributed by atoms with Gasteiger partial charge in [-0.3, -0.25) is 4.72 Å². The van der Waals surface area contributed by atoms with E-state index in [2.05, 4.69) is 4.72 Å². The molecule has 1 aliphatic carbocycles. The first kappa shape index (κ1) is 17.0. The Labute approximate surface area is 142 Å². The van der Waals surface area contributed by atoms with Crippen molar-refractivity contribution in [1.29, 1.82) is 0 Å². The van der Waals surface area contributed by atoms with Crippen molar-refractivity contribution >= 4 is 25.5 Å². The Morgan fingerprint density at radius 2 is 1.67 bits per heavy atom. The summed E-state index contributed by atoms with van der Waals surface area (Å²) in [6.45, 7) is 0. The highest BCUT2D eigenvalue weighted by molar-refractivity contribution is 7.92. The van der Waals surface area contributed by atoms with E-state index in [0.717, 1.165) is 31.1 Å². The molecule has 0 saturated heterocycles. The monoisotopic (exact) mass is 365 g/mol. The van der Waals surface area contributed by atoms with Crippen LogP contribution in [0.3, 0.4) is 0 Å². The molecule has 5 nitrogen and oxygen atoms in total. The fraction of sp³-hybridized carbons (Fsp3) is 0.294. The number of rotatable bonds is 5. The van der Waals surface area contributed by atoms with Gasteiger partial charge in [0.15, 0.2) is 9.84 Å². The van der Waals surface area contributed by atoms with Crippen LogP contribution in [0.25, 0.3) is 0 Å². The van der Waals surface area contributed by atoms with Gasteiger partial charge in [0.1, 0.15) is 0 Å². The maximum absolute atomic E-state index is 12.7. The van der Waals surface area contributed by atoms with Crippen molar-refractivity contribution in [2.75, 3.05) is 11.0 Å². The van der Waals surface area contributed by atoms with Crippen LogP contribution in [0.4, 0.5) is 5.69 Å². The highest BCUT2D eigenvalue weighted by atomic mass is 32.2. The Morgan fingerprint density at radius 1 is 0.958 bits per heavy atom. The maximum Gasteiger partial charge on any atom is 0.261 e. The number of fused-ring (bicyclic) bond motifs is 1. The van der Waals surface area contributed by atoms with Crippen LogP contribution in [0.15, 0.2) is 47.4 Å². The Hall–Kier alpha value is -1.86. The predicted molar refractivity (Wildman–Crippen MR) is 94.3 cm³/mol. The van der Waals surface area contributed by atoms with Gasteiger partial charge in [-0.25, -0.2) is 16.8 Å². The molecule has 24 heavy (non-hydrogen) atoms. The lowest BCUT2D eigenvalue weighted by atomic mass is 10.1. The van der Waals surface area contributed by atoms with Crippen LogP contribution in [0, 0.1) is 0 Å². The molecule has 0 heterocycles. The number of anilines is 1. The molecule has 2 aromatic rings. The Kier molecular flexibility index (Phi) is 4.40. The summed E-state index contributed by atoms with van der Waals surface area (Å²) in [6.07, 6.45) is 4.05. The van der Waals surface area contributed by atoms with Crippen LogP contribution in [-0.2, 0) is 38.5 Å². The summed E-state index contributed by atoms with van der Waals surface area (Å²) in [5, 5.41) is 0. The first-order chi connectivity index (χ1) is 11.2. The van der Waals surface area contributed by atoms with Crippen molar-refractivity contribution in [1.82, 2.24) is 0 Å². The molecular formula is C17H19NO4S2. The minimum absolute atomic E-state index is 0.206. The number of aryl methyl sites for hydroxylation is 2. The van der Waals surface area contributed by atoms with Gasteiger partial charge in [0.05, 0.1) is 16.3 Å². The second kappa shape index (κ2) is 6.22. The van der Waals surface area contributed by atoms with Gasteiger partial charge >= 0.3 is 0 Å². The van der Waals surface area contributed by atoms with E-state index in [4.69, 9.17) is 0 Å². The lowest BCUT2D eigenvalue weighted by Crippen LogP contribution is -2.15. The van der Waals surface area contributed by atoms with Crippen molar-refractivity contribution in [2.45, 2.75) is 29.9 Å². The molecule has 0 aromatic heterocycles. The molecule has 7 heteroatoms. The number of sulfonamides is 1. The summed E-state index contributed by atoms with van der Waals surface area (Å²) in [4.78, 5) is 0.206. The van der Waals surface area contributed by atoms with Crippen LogP contribution < -0.4 is 4.72 Å². The number of hydrogen-bond donors (Lipinski definition) is 1. The largest absolute Gasteiger partial charge is 0.279 e. The van der Waals surface area contributed by atoms with Crippen molar-refractivity contribution < 1.29 is 16.8 Å². The minimum Gasteiger partial charge on any atom is -0.279 e. The zero-order valence-electron chi connectivity index (χ0n) is 13.3. The summed E-state index contributed by atoms with van der Waals surface area (Å²) in [5.74, 6) is -0.212. The van der Waals surface area contributed by atoms with E-state index in [0.29, 0.717) is 11.3 Å². The molecule has 0 aliphatic heterocycles. The summed E-state index contributed by atoms with van der Waals surface area (Å²) in [5.41, 5.74) is 3.00. The lowest BCUT2D eigenvalue weighted by molar-refractivity contribution is 0.598. The third kappa shape index (κ3) is 3.79. The fourth-order valence-corrected chi connectivity index (χ4v) is 4.92. The zero-order chi connectivity index (χ0) is 17.4. The number of sulfone groups is 1. The molecular weight excluding hydrogens is 346 g/mol. The van der Waals surface area contributed by atoms with Gasteiger partial charge < -0.3 is 0 Å². The zero-order valence-corrected chi connectivity index (χ0v) is 15.0. The van der Waals surface area contributed by atoms with Crippen LogP contribution in [0.2, 0.25) is 0 Å². The normalized spacial score (nSPS) is 14.4. The standard InChI is InChI=1S/C17H19NO4S2/c1-23(19,20)12-15-5-2-3-8-17(15)18-24(21,22)16-10-9-13-6-4-7-14(13)11-16/h2-3,5,8-11,18H,4,6-7,12H2,1H3. The van der Waals surface area contributed by atoms with E-state index in [-0.39, 0.29) is 10.6 Å². The second-order valence-electron chi connectivity index (χ2n) is 6.12. The third-order valence-corrected chi connectivity index (χ3v) is 6.26. The number of benzene rings is 2. The molecule has 1 aliphatic rings. The first-order valence-electron chi connectivity index (χ1n) is 7.65. The van der Waals surface area contributed by atoms with Crippen LogP contribution in [0.5, 0.6) is 0 Å². The lowest BCUT2D eigenvalue weighted by Gasteiger charge is -2.13. The Bertz CT molecular complexity index is 979. The van der Waals surface area contributed by atoms with E-state index < -0.39 is 19.9 Å². The van der Waals surface area contributed by atoms with E-state index in [1.165, 1.54) is 5.56 Å². The molecule has 0 spiro atoms. The van der Waals surface area contributed by atoms with Crippen LogP contribution >= 0.6 is 0 Å². The topological polar surface area (TPSA) is 80.3 Å². The van der Waals surface area contributed by atoms with Crippen LogP contribution in [0.1, 0.15) is 23.1 Å². The molecule has 3 rings (SSSR count). The quantitative estimate of drug-likeness (QED) is 0.883. The Morgan fingerprint density at radius 3 is 2.42 bits per heavy atom. The van der Waals surface area contributed by atoms with Crippen LogP contribution in [-0.4, -0.2) is 23.1 Å². The first-order valence-corrected chi connectivity index (χ1v) is 11.2. The second-order valence-corrected chi connectivity index (χ2v) is 9.94. The van der Waals surface area contributed by atoms with E-state index in [1.54, 1.807) is 36.4 Å². The van der Waals surface area contributed by atoms with Gasteiger partial charge in [-0.2, -0.15) is 0 Å². The highest BCUT2D eigenvalue weighted by Crippen LogP contribution is 2.27. The number of hydrogen-bond acceptors (Lipinski definition) is 4. The molecule has 1 N–H and O–H groups in total. The predicted octanol–water partition coefficient (Wildman–Crippen LogP) is 2.52. The fourth-order valence-electron chi connectivity index (χ4n) is 2.95. The molecule has 2 aromatic carbocycles. The van der Waals surface area contributed by atoms with Gasteiger partial charge in [0, 0.05) is 6.26 Å². The van der Waals surface area contributed by atoms with Crippen molar-refractivity contribution in [2.24, 2.45) is 0 Å². The molecule has 128 valence electrons. The number of para-hydroxylation sites is 1. The molecule has 0 bridgehead atoms. The van der Waals surface area contributed by atoms with Crippen molar-refractivity contribution in [3.63, 3.8) is 0 Å². The van der Waals surface area contributed by atoms with E-state index >= 15 is 0 Å². The minimum atomic E-state index is -3.76. The van der Waals surface area contributed by atoms with Gasteiger partial charge in [-0.15, -0.1) is 0 Å². The molecule has 0 unspecified atom stereocenters. The number of nitrogens with one attached hydrogen (secondary N) is 1. The van der Waals surface area contributed by atoms with Crippen molar-refractivity contribution in [3.8, 4) is 0 Å². The molecule has 0 atom stereocenters. The summed E-state index contributed by atoms with van der Waals surface area (Å²) >= 11 is 0. The average molecular weight is 365 g/mol. The highest BCUT2D eigenvalue weighted by Gasteiger charge is 2.20. The SMILES string of the molecule is CS(=O)(=O)Cc1ccccc1NS(=O)(=O)c1ccc2c(c1)CCC2. The van der Waals surface area contributed by atoms with Gasteiger partial charge in [0.2, 0.25) is 0 Å². The third-order valence-electron chi connectivity index (χ3n) is 4.06. The average Bonchev–Trinajstić information content (AvgIpc) is 2.95. The Balaban J connectivity index is 1.93. The van der Waals surface area contributed by atoms with Gasteiger partial charge in [0.25, 0.3) is 10.0 Å². The van der Waals surface area contributed by atoms with Gasteiger partial charge in [-0.1, -0.05) is 24.3 Å². The maximum atomic E-state index is 12.7. The van der Waals surface area contributed by atoms with Gasteiger partial charge in [-0.05, 0) is 54.2 Å². The summed E-state index contributed by atoms with van der Waals surface area (Å²) in [7, 11) is -7.02. The molecule has 0 amide bonds. The van der Waals surface area contributed by atoms with E-state index in [1.807, 2.05) is 6.07 Å². The summed E-state index contributed by atoms with van der Waals surface area (Å²) < 4.78 is 50.9. The summed E-state index contributed by atoms with van der Waals surface area (Å²) in [6, 6.07) is 11.7. The molecule has 0 radical (unpaired) electrons. The smallest absolute Gasteiger partial charge is 0.261 e. The van der Waals surface area contributed by atoms with Crippen molar-refractivity contribution in [3.05, 3.63) is 59.2 Å². The van der Waals surface area contributed by atoms with E-state index in [9.17, 15) is 16.8 Å². The molecule has 0 fully saturated rings.